The summed E-state index contributed by atoms with van der Waals surface area (Å²) in [7, 11) is 0. The van der Waals surface area contributed by atoms with Crippen LogP contribution in [0.1, 0.15) is 62.4 Å². The van der Waals surface area contributed by atoms with Crippen molar-refractivity contribution in [1.82, 2.24) is 9.80 Å². The number of hydrogen-bond donors (Lipinski definition) is 0. The molecule has 0 radical (unpaired) electrons. The van der Waals surface area contributed by atoms with E-state index in [0.29, 0.717) is 39.6 Å². The van der Waals surface area contributed by atoms with Crippen LogP contribution in [0.15, 0.2) is 72.8 Å². The van der Waals surface area contributed by atoms with Crippen LogP contribution in [0.5, 0.6) is 11.5 Å². The van der Waals surface area contributed by atoms with E-state index in [2.05, 4.69) is 47.2 Å². The number of carbonyl (C=O) groups excluding carboxylic acids is 1. The Labute approximate surface area is 269 Å². The van der Waals surface area contributed by atoms with Crippen LogP contribution in [-0.2, 0) is 22.5 Å². The molecule has 0 aromatic heterocycles. The standard InChI is InChI=1S/C36H40N2O5.2CH4/c1-2-23-40-24-25-41-31-11-7-28(8-12-31)26-42-32-13-9-30(10-14-32)34-33-6-4-3-5-29(33)15-19-38(34)35(39)43-27-36-16-20-37(21-17-36)22-18-36;;/h1,3-14,34H,15-27H2;2*1H4/t34-;;/m0../s1. The van der Waals surface area contributed by atoms with Gasteiger partial charge in [-0.3, -0.25) is 4.90 Å². The number of hydrogen-bond acceptors (Lipinski definition) is 6. The highest BCUT2D eigenvalue weighted by Crippen LogP contribution is 2.41. The average molecular weight is 613 g/mol. The lowest BCUT2D eigenvalue weighted by Crippen LogP contribution is -2.51. The highest BCUT2D eigenvalue weighted by molar-refractivity contribution is 5.70. The van der Waals surface area contributed by atoms with Gasteiger partial charge in [0.2, 0.25) is 0 Å². The van der Waals surface area contributed by atoms with Gasteiger partial charge in [-0.05, 0) is 91.8 Å². The van der Waals surface area contributed by atoms with Crippen molar-refractivity contribution in [2.24, 2.45) is 5.41 Å². The van der Waals surface area contributed by atoms with Gasteiger partial charge in [-0.25, -0.2) is 4.79 Å². The molecule has 1 amide bonds. The molecule has 0 unspecified atom stereocenters. The second kappa shape index (κ2) is 15.8. The summed E-state index contributed by atoms with van der Waals surface area (Å²) >= 11 is 0. The minimum atomic E-state index is -0.213. The molecule has 4 aliphatic rings. The molecule has 3 aromatic rings. The maximum absolute atomic E-state index is 13.6. The molecular formula is C38H48N2O5. The molecule has 4 aliphatic heterocycles. The van der Waals surface area contributed by atoms with Gasteiger partial charge >= 0.3 is 6.09 Å². The fourth-order valence-corrected chi connectivity index (χ4v) is 6.48. The summed E-state index contributed by atoms with van der Waals surface area (Å²) in [6, 6.07) is 24.2. The van der Waals surface area contributed by atoms with Gasteiger partial charge in [0.25, 0.3) is 0 Å². The van der Waals surface area contributed by atoms with Crippen molar-refractivity contribution in [3.8, 4) is 23.8 Å². The van der Waals surface area contributed by atoms with Crippen molar-refractivity contribution in [3.63, 3.8) is 0 Å². The van der Waals surface area contributed by atoms with E-state index in [9.17, 15) is 4.79 Å². The van der Waals surface area contributed by atoms with Crippen LogP contribution in [0.4, 0.5) is 4.79 Å². The summed E-state index contributed by atoms with van der Waals surface area (Å²) < 4.78 is 23.1. The zero-order chi connectivity index (χ0) is 29.5. The molecule has 7 nitrogen and oxygen atoms in total. The molecule has 240 valence electrons. The van der Waals surface area contributed by atoms with E-state index in [1.54, 1.807) is 0 Å². The number of amides is 1. The van der Waals surface area contributed by atoms with Crippen LogP contribution in [0.25, 0.3) is 0 Å². The second-order valence-electron chi connectivity index (χ2n) is 11.8. The SMILES string of the molecule is C.C.C#CCOCCOc1ccc(COc2ccc([C@H]3c4ccccc4CCN3C(=O)OCC34CCN(CC3)CC4)cc2)cc1. The summed E-state index contributed by atoms with van der Waals surface area (Å²) in [5.41, 5.74) is 4.68. The first-order chi connectivity index (χ1) is 21.1. The topological polar surface area (TPSA) is 60.5 Å². The number of carbonyl (C=O) groups is 1. The first-order valence-corrected chi connectivity index (χ1v) is 15.3. The van der Waals surface area contributed by atoms with Crippen molar-refractivity contribution < 1.29 is 23.7 Å². The number of terminal acetylenes is 1. The molecule has 1 atom stereocenters. The van der Waals surface area contributed by atoms with Gasteiger partial charge in [0.05, 0.1) is 19.3 Å². The largest absolute Gasteiger partial charge is 0.491 e. The Morgan fingerprint density at radius 3 is 2.22 bits per heavy atom. The fraction of sp³-hybridized carbons (Fsp3) is 0.447. The Morgan fingerprint density at radius 1 is 0.844 bits per heavy atom. The normalized spacial score (nSPS) is 21.4. The number of rotatable bonds is 11. The molecule has 4 heterocycles. The third-order valence-corrected chi connectivity index (χ3v) is 9.10. The zero-order valence-electron chi connectivity index (χ0n) is 24.7. The van der Waals surface area contributed by atoms with Gasteiger partial charge in [0, 0.05) is 12.0 Å². The number of nitrogens with zero attached hydrogens (tertiary/aromatic N) is 2. The van der Waals surface area contributed by atoms with Gasteiger partial charge in [0.15, 0.2) is 0 Å². The van der Waals surface area contributed by atoms with E-state index >= 15 is 0 Å². The van der Waals surface area contributed by atoms with Crippen molar-refractivity contribution >= 4 is 6.09 Å². The molecule has 0 spiro atoms. The first-order valence-electron chi connectivity index (χ1n) is 15.3. The summed E-state index contributed by atoms with van der Waals surface area (Å²) in [4.78, 5) is 18.0. The van der Waals surface area contributed by atoms with E-state index in [-0.39, 0.29) is 32.4 Å². The van der Waals surface area contributed by atoms with Gasteiger partial charge in [-0.1, -0.05) is 69.3 Å². The summed E-state index contributed by atoms with van der Waals surface area (Å²) in [6.07, 6.45) is 9.15. The third-order valence-electron chi connectivity index (χ3n) is 9.10. The first kappa shape index (κ1) is 33.9. The van der Waals surface area contributed by atoms with Crippen LogP contribution in [0, 0.1) is 17.8 Å². The lowest BCUT2D eigenvalue weighted by atomic mass is 9.73. The maximum atomic E-state index is 13.6. The minimum Gasteiger partial charge on any atom is -0.491 e. The maximum Gasteiger partial charge on any atom is 0.410 e. The third kappa shape index (κ3) is 8.19. The van der Waals surface area contributed by atoms with Crippen LogP contribution < -0.4 is 9.47 Å². The highest BCUT2D eigenvalue weighted by Gasteiger charge is 2.41. The molecule has 3 aromatic carbocycles. The van der Waals surface area contributed by atoms with Crippen LogP contribution in [0.3, 0.4) is 0 Å². The summed E-state index contributed by atoms with van der Waals surface area (Å²) in [5.74, 6) is 3.99. The smallest absolute Gasteiger partial charge is 0.410 e. The zero-order valence-corrected chi connectivity index (χ0v) is 24.7. The van der Waals surface area contributed by atoms with E-state index in [1.807, 2.05) is 41.3 Å². The minimum absolute atomic E-state index is 0. The molecule has 0 N–H and O–H groups in total. The van der Waals surface area contributed by atoms with Crippen molar-refractivity contribution in [2.75, 3.05) is 52.6 Å². The summed E-state index contributed by atoms with van der Waals surface area (Å²) in [5, 5.41) is 0. The van der Waals surface area contributed by atoms with Crippen molar-refractivity contribution in [1.29, 1.82) is 0 Å². The quantitative estimate of drug-likeness (QED) is 0.170. The van der Waals surface area contributed by atoms with Gasteiger partial charge in [-0.2, -0.15) is 0 Å². The van der Waals surface area contributed by atoms with Crippen LogP contribution in [-0.4, -0.2) is 68.5 Å². The number of ether oxygens (including phenoxy) is 4. The van der Waals surface area contributed by atoms with Crippen LogP contribution in [0.2, 0.25) is 0 Å². The number of benzene rings is 3. The van der Waals surface area contributed by atoms with Gasteiger partial charge in [-0.15, -0.1) is 6.42 Å². The monoisotopic (exact) mass is 612 g/mol. The van der Waals surface area contributed by atoms with E-state index in [1.165, 1.54) is 5.56 Å². The van der Waals surface area contributed by atoms with Gasteiger partial charge in [0.1, 0.15) is 31.3 Å². The Morgan fingerprint density at radius 2 is 1.51 bits per heavy atom. The molecule has 2 bridgehead atoms. The second-order valence-corrected chi connectivity index (χ2v) is 11.8. The molecule has 3 fully saturated rings. The van der Waals surface area contributed by atoms with Crippen molar-refractivity contribution in [2.45, 2.75) is 53.2 Å². The van der Waals surface area contributed by atoms with Crippen LogP contribution >= 0.6 is 0 Å². The molecule has 3 saturated heterocycles. The molecule has 0 aliphatic carbocycles. The fourth-order valence-electron chi connectivity index (χ4n) is 6.48. The van der Waals surface area contributed by atoms with E-state index in [4.69, 9.17) is 25.4 Å². The van der Waals surface area contributed by atoms with Gasteiger partial charge < -0.3 is 23.8 Å². The Balaban J connectivity index is 0.00000230. The number of piperidine rings is 3. The molecule has 45 heavy (non-hydrogen) atoms. The molecule has 7 rings (SSSR count). The van der Waals surface area contributed by atoms with Crippen molar-refractivity contribution in [3.05, 3.63) is 95.1 Å². The van der Waals surface area contributed by atoms with E-state index in [0.717, 1.165) is 73.5 Å². The predicted octanol–water partition coefficient (Wildman–Crippen LogP) is 7.14. The Hall–Kier alpha value is -3.99. The molecule has 0 saturated carbocycles. The average Bonchev–Trinajstić information content (AvgIpc) is 3.07. The highest BCUT2D eigenvalue weighted by atomic mass is 16.6. The molecule has 7 heteroatoms. The molecular weight excluding hydrogens is 564 g/mol. The Bertz CT molecular complexity index is 1390. The summed E-state index contributed by atoms with van der Waals surface area (Å²) in [6.45, 7) is 6.15. The number of fused-ring (bicyclic) bond motifs is 4. The van der Waals surface area contributed by atoms with E-state index < -0.39 is 0 Å². The lowest BCUT2D eigenvalue weighted by molar-refractivity contribution is -0.0300. The predicted molar refractivity (Wildman–Crippen MR) is 179 cm³/mol. The lowest BCUT2D eigenvalue weighted by Gasteiger charge is -2.48. The Kier molecular flexibility index (Phi) is 11.9.